The lowest BCUT2D eigenvalue weighted by Gasteiger charge is -2.31. The average Bonchev–Trinajstić information content (AvgIpc) is 3.19. The number of fused-ring (bicyclic) bond motifs is 1. The summed E-state index contributed by atoms with van der Waals surface area (Å²) in [6, 6.07) is 6.28. The van der Waals surface area contributed by atoms with Crippen molar-refractivity contribution in [1.82, 2.24) is 4.90 Å². The minimum absolute atomic E-state index is 0.0131. The van der Waals surface area contributed by atoms with Gasteiger partial charge in [-0.25, -0.2) is 0 Å². The van der Waals surface area contributed by atoms with Gasteiger partial charge in [0.1, 0.15) is 24.9 Å². The molecule has 1 unspecified atom stereocenters. The molecule has 2 saturated heterocycles. The van der Waals surface area contributed by atoms with E-state index < -0.39 is 24.0 Å². The number of primary amides is 1. The molecule has 0 radical (unpaired) electrons. The minimum Gasteiger partial charge on any atom is -0.377 e. The first kappa shape index (κ1) is 20.5. The van der Waals surface area contributed by atoms with Gasteiger partial charge < -0.3 is 20.1 Å². The van der Waals surface area contributed by atoms with Gasteiger partial charge >= 0.3 is 0 Å². The Hall–Kier alpha value is -2.25. The molecule has 2 aliphatic rings. The summed E-state index contributed by atoms with van der Waals surface area (Å²) < 4.78 is 11.0. The molecule has 1 aromatic carbocycles. The van der Waals surface area contributed by atoms with Gasteiger partial charge in [0.2, 0.25) is 11.8 Å². The highest BCUT2D eigenvalue weighted by Gasteiger charge is 2.53. The van der Waals surface area contributed by atoms with Crippen molar-refractivity contribution in [3.63, 3.8) is 0 Å². The number of carbonyl (C=O) groups excluding carboxylic acids is 3. The second-order valence-electron chi connectivity index (χ2n) is 8.72. The molecular formula is C21H28N2O5. The normalized spacial score (nSPS) is 25.6. The molecule has 7 heteroatoms. The van der Waals surface area contributed by atoms with Crippen LogP contribution in [0.15, 0.2) is 24.3 Å². The van der Waals surface area contributed by atoms with E-state index in [1.54, 1.807) is 36.3 Å². The number of nitrogens with two attached hydrogens (primary N) is 1. The smallest absolute Gasteiger partial charge is 0.249 e. The van der Waals surface area contributed by atoms with Crippen LogP contribution in [0, 0.1) is 5.41 Å². The Morgan fingerprint density at radius 2 is 2.00 bits per heavy atom. The van der Waals surface area contributed by atoms with Crippen molar-refractivity contribution in [2.24, 2.45) is 11.1 Å². The van der Waals surface area contributed by atoms with Crippen molar-refractivity contribution in [1.29, 1.82) is 0 Å². The van der Waals surface area contributed by atoms with Crippen LogP contribution in [0.2, 0.25) is 0 Å². The molecule has 1 aromatic rings. The number of hydrogen-bond donors (Lipinski definition) is 1. The number of amides is 2. The maximum atomic E-state index is 13.7. The van der Waals surface area contributed by atoms with Crippen LogP contribution < -0.4 is 5.73 Å². The number of ether oxygens (including phenoxy) is 2. The monoisotopic (exact) mass is 388 g/mol. The van der Waals surface area contributed by atoms with Gasteiger partial charge in [-0.05, 0) is 23.5 Å². The van der Waals surface area contributed by atoms with E-state index in [1.165, 1.54) is 0 Å². The highest BCUT2D eigenvalue weighted by molar-refractivity contribution is 5.98. The molecule has 28 heavy (non-hydrogen) atoms. The number of methoxy groups -OCH3 is 1. The zero-order chi connectivity index (χ0) is 20.6. The van der Waals surface area contributed by atoms with E-state index in [-0.39, 0.29) is 36.4 Å². The molecule has 2 heterocycles. The van der Waals surface area contributed by atoms with Gasteiger partial charge in [-0.3, -0.25) is 14.4 Å². The molecular weight excluding hydrogens is 360 g/mol. The van der Waals surface area contributed by atoms with Crippen molar-refractivity contribution < 1.29 is 23.9 Å². The van der Waals surface area contributed by atoms with Crippen molar-refractivity contribution in [2.45, 2.75) is 51.4 Å². The number of Topliss-reactive ketones (excluding diaryl/α,β-unsaturated/α-hetero) is 1. The molecule has 0 aromatic heterocycles. The predicted octanol–water partition coefficient (Wildman–Crippen LogP) is 1.50. The third kappa shape index (κ3) is 3.82. The van der Waals surface area contributed by atoms with Crippen molar-refractivity contribution in [3.8, 4) is 0 Å². The van der Waals surface area contributed by atoms with Crippen LogP contribution in [0.3, 0.4) is 0 Å². The highest BCUT2D eigenvalue weighted by Crippen LogP contribution is 2.38. The van der Waals surface area contributed by atoms with Gasteiger partial charge in [0.05, 0.1) is 12.5 Å². The fourth-order valence-electron chi connectivity index (χ4n) is 4.22. The van der Waals surface area contributed by atoms with E-state index in [0.29, 0.717) is 17.5 Å². The standard InChI is InChI=1S/C21H28N2O5/c1-21(2,3)9-14(12-7-5-6-8-13(12)19(22)25)20(26)23-10-16(27-4)18-17(23)15(24)11-28-18/h5-8,14,16-18H,9-11H2,1-4H3,(H2,22,25)/t14?,16-,17-,18-/m1/s1. The Morgan fingerprint density at radius 1 is 1.32 bits per heavy atom. The van der Waals surface area contributed by atoms with E-state index >= 15 is 0 Å². The van der Waals surface area contributed by atoms with Gasteiger partial charge in [0.25, 0.3) is 0 Å². The lowest BCUT2D eigenvalue weighted by molar-refractivity contribution is -0.138. The minimum atomic E-state index is -0.638. The van der Waals surface area contributed by atoms with Gasteiger partial charge in [-0.15, -0.1) is 0 Å². The summed E-state index contributed by atoms with van der Waals surface area (Å²) in [6.45, 7) is 6.38. The molecule has 2 amide bonds. The van der Waals surface area contributed by atoms with Gasteiger partial charge in [-0.1, -0.05) is 39.0 Å². The quantitative estimate of drug-likeness (QED) is 0.824. The Morgan fingerprint density at radius 3 is 2.61 bits per heavy atom. The van der Waals surface area contributed by atoms with Gasteiger partial charge in [0.15, 0.2) is 5.78 Å². The summed E-state index contributed by atoms with van der Waals surface area (Å²) in [5, 5.41) is 0. The lowest BCUT2D eigenvalue weighted by Crippen LogP contribution is -2.45. The largest absolute Gasteiger partial charge is 0.377 e. The number of nitrogens with zero attached hydrogens (tertiary/aromatic N) is 1. The van der Waals surface area contributed by atoms with E-state index in [4.69, 9.17) is 15.2 Å². The Kier molecular flexibility index (Phi) is 5.59. The number of carbonyl (C=O) groups is 3. The van der Waals surface area contributed by atoms with Gasteiger partial charge in [-0.2, -0.15) is 0 Å². The van der Waals surface area contributed by atoms with E-state index in [0.717, 1.165) is 0 Å². The maximum Gasteiger partial charge on any atom is 0.249 e. The molecule has 4 atom stereocenters. The first-order chi connectivity index (χ1) is 13.1. The third-order valence-electron chi connectivity index (χ3n) is 5.44. The second kappa shape index (κ2) is 7.64. The Balaban J connectivity index is 2.01. The van der Waals surface area contributed by atoms with Crippen molar-refractivity contribution in [2.75, 3.05) is 20.3 Å². The number of benzene rings is 1. The summed E-state index contributed by atoms with van der Waals surface area (Å²) in [7, 11) is 1.55. The lowest BCUT2D eigenvalue weighted by atomic mass is 9.79. The van der Waals surface area contributed by atoms with Crippen molar-refractivity contribution in [3.05, 3.63) is 35.4 Å². The second-order valence-corrected chi connectivity index (χ2v) is 8.72. The fraction of sp³-hybridized carbons (Fsp3) is 0.571. The Labute approximate surface area is 165 Å². The van der Waals surface area contributed by atoms with Crippen LogP contribution in [0.1, 0.15) is 49.0 Å². The molecule has 152 valence electrons. The molecule has 3 rings (SSSR count). The number of hydrogen-bond acceptors (Lipinski definition) is 5. The molecule has 2 N–H and O–H groups in total. The van der Waals surface area contributed by atoms with Crippen LogP contribution in [0.4, 0.5) is 0 Å². The SMILES string of the molecule is CO[C@@H]1CN(C(=O)C(CC(C)(C)C)c2ccccc2C(N)=O)[C@@H]2C(=O)CO[C@@H]21. The molecule has 0 spiro atoms. The molecule has 0 aliphatic carbocycles. The first-order valence-corrected chi connectivity index (χ1v) is 9.50. The fourth-order valence-corrected chi connectivity index (χ4v) is 4.22. The summed E-state index contributed by atoms with van der Waals surface area (Å²) in [5.41, 5.74) is 6.31. The van der Waals surface area contributed by atoms with E-state index in [9.17, 15) is 14.4 Å². The van der Waals surface area contributed by atoms with Crippen LogP contribution in [-0.2, 0) is 19.1 Å². The molecule has 0 saturated carbocycles. The van der Waals surface area contributed by atoms with E-state index in [2.05, 4.69) is 0 Å². The van der Waals surface area contributed by atoms with E-state index in [1.807, 2.05) is 20.8 Å². The predicted molar refractivity (Wildman–Crippen MR) is 103 cm³/mol. The molecule has 7 nitrogen and oxygen atoms in total. The first-order valence-electron chi connectivity index (χ1n) is 9.50. The maximum absolute atomic E-state index is 13.7. The molecule has 2 aliphatic heterocycles. The summed E-state index contributed by atoms with van der Waals surface area (Å²) in [4.78, 5) is 39.6. The van der Waals surface area contributed by atoms with Crippen LogP contribution in [0.25, 0.3) is 0 Å². The third-order valence-corrected chi connectivity index (χ3v) is 5.44. The topological polar surface area (TPSA) is 98.9 Å². The summed E-state index contributed by atoms with van der Waals surface area (Å²) in [6.07, 6.45) is -0.276. The summed E-state index contributed by atoms with van der Waals surface area (Å²) >= 11 is 0. The van der Waals surface area contributed by atoms with Crippen LogP contribution >= 0.6 is 0 Å². The van der Waals surface area contributed by atoms with Crippen LogP contribution in [-0.4, -0.2) is 61.0 Å². The molecule has 0 bridgehead atoms. The number of likely N-dealkylation sites (tertiary alicyclic amines) is 1. The zero-order valence-corrected chi connectivity index (χ0v) is 16.8. The zero-order valence-electron chi connectivity index (χ0n) is 16.8. The number of ketones is 1. The van der Waals surface area contributed by atoms with Crippen LogP contribution in [0.5, 0.6) is 0 Å². The Bertz CT molecular complexity index is 785. The highest BCUT2D eigenvalue weighted by atomic mass is 16.5. The molecule has 2 fully saturated rings. The van der Waals surface area contributed by atoms with Gasteiger partial charge in [0, 0.05) is 12.7 Å². The average molecular weight is 388 g/mol. The van der Waals surface area contributed by atoms with Crippen molar-refractivity contribution >= 4 is 17.6 Å². The number of rotatable bonds is 5. The summed E-state index contributed by atoms with van der Waals surface area (Å²) in [5.74, 6) is -1.47.